The first kappa shape index (κ1) is 29.9. The van der Waals surface area contributed by atoms with Gasteiger partial charge in [-0.25, -0.2) is 0 Å². The Morgan fingerprint density at radius 3 is 2.70 bits per heavy atom. The highest BCUT2D eigenvalue weighted by Crippen LogP contribution is 2.45. The first-order valence-corrected chi connectivity index (χ1v) is 16.4. The van der Waals surface area contributed by atoms with Crippen molar-refractivity contribution in [2.24, 2.45) is 5.92 Å². The number of aromatic nitrogens is 2. The van der Waals surface area contributed by atoms with Gasteiger partial charge in [-0.2, -0.15) is 0 Å². The van der Waals surface area contributed by atoms with Gasteiger partial charge < -0.3 is 14.6 Å². The Balaban J connectivity index is 1.38. The van der Waals surface area contributed by atoms with Gasteiger partial charge >= 0.3 is 5.91 Å². The van der Waals surface area contributed by atoms with E-state index in [1.807, 2.05) is 67.6 Å². The average molecular weight is 628 g/mol. The van der Waals surface area contributed by atoms with E-state index in [4.69, 9.17) is 9.47 Å². The van der Waals surface area contributed by atoms with Crippen molar-refractivity contribution in [1.29, 1.82) is 0 Å². The summed E-state index contributed by atoms with van der Waals surface area (Å²) in [4.78, 5) is 28.8. The number of carbonyl (C=O) groups excluding carboxylic acids is 2. The number of rotatable bonds is 10. The number of hydrogen-bond acceptors (Lipinski definition) is 9. The van der Waals surface area contributed by atoms with E-state index in [0.29, 0.717) is 45.9 Å². The quantitative estimate of drug-likeness (QED) is 0.0647. The van der Waals surface area contributed by atoms with Crippen LogP contribution in [0.4, 0.5) is 5.13 Å². The van der Waals surface area contributed by atoms with Gasteiger partial charge in [-0.05, 0) is 66.3 Å². The molecular formula is C34H33N3O5S2. The maximum absolute atomic E-state index is 13.7. The number of Topliss-reactive ketones (excluding diaryl/α,β-unsaturated/α-hetero) is 1. The highest BCUT2D eigenvalue weighted by molar-refractivity contribution is 8.00. The third kappa shape index (κ3) is 6.23. The van der Waals surface area contributed by atoms with Crippen molar-refractivity contribution in [2.45, 2.75) is 55.9 Å². The third-order valence-corrected chi connectivity index (χ3v) is 9.69. The van der Waals surface area contributed by atoms with E-state index in [2.05, 4.69) is 24.0 Å². The van der Waals surface area contributed by atoms with Gasteiger partial charge in [0.25, 0.3) is 5.78 Å². The number of nitrogens with zero attached hydrogens (tertiary/aromatic N) is 3. The molecule has 2 aliphatic rings. The van der Waals surface area contributed by atoms with Crippen LogP contribution < -0.4 is 14.4 Å². The molecule has 0 saturated carbocycles. The summed E-state index contributed by atoms with van der Waals surface area (Å²) < 4.78 is 12.5. The molecule has 3 heterocycles. The number of amides is 1. The van der Waals surface area contributed by atoms with Gasteiger partial charge in [-0.15, -0.1) is 10.2 Å². The van der Waals surface area contributed by atoms with Crippen LogP contribution in [0.3, 0.4) is 0 Å². The predicted molar refractivity (Wildman–Crippen MR) is 172 cm³/mol. The van der Waals surface area contributed by atoms with Gasteiger partial charge in [0.2, 0.25) is 5.13 Å². The van der Waals surface area contributed by atoms with E-state index in [-0.39, 0.29) is 22.6 Å². The van der Waals surface area contributed by atoms with Crippen molar-refractivity contribution < 1.29 is 24.2 Å². The van der Waals surface area contributed by atoms with E-state index >= 15 is 0 Å². The molecule has 4 aromatic rings. The van der Waals surface area contributed by atoms with Gasteiger partial charge in [0.05, 0.1) is 18.2 Å². The van der Waals surface area contributed by atoms with Crippen LogP contribution in [0.25, 0.3) is 5.76 Å². The minimum absolute atomic E-state index is 0.00469. The van der Waals surface area contributed by atoms with E-state index in [0.717, 1.165) is 23.3 Å². The number of carbonyl (C=O) groups is 2. The van der Waals surface area contributed by atoms with Crippen molar-refractivity contribution in [2.75, 3.05) is 11.5 Å². The number of anilines is 1. The second kappa shape index (κ2) is 12.8. The van der Waals surface area contributed by atoms with Crippen LogP contribution in [0.15, 0.2) is 82.7 Å². The zero-order valence-corrected chi connectivity index (χ0v) is 26.4. The molecule has 1 amide bonds. The largest absolute Gasteiger partial charge is 0.507 e. The fourth-order valence-electron chi connectivity index (χ4n) is 5.33. The molecule has 10 heteroatoms. The van der Waals surface area contributed by atoms with Gasteiger partial charge in [0.15, 0.2) is 4.34 Å². The summed E-state index contributed by atoms with van der Waals surface area (Å²) >= 11 is 2.75. The van der Waals surface area contributed by atoms with Crippen molar-refractivity contribution in [3.63, 3.8) is 0 Å². The van der Waals surface area contributed by atoms with Crippen molar-refractivity contribution in [1.82, 2.24) is 10.2 Å². The number of thioether (sulfide) groups is 1. The molecule has 0 spiro atoms. The molecule has 1 saturated heterocycles. The summed E-state index contributed by atoms with van der Waals surface area (Å²) in [5, 5.41) is 20.6. The van der Waals surface area contributed by atoms with Crippen LogP contribution in [-0.2, 0) is 21.8 Å². The summed E-state index contributed by atoms with van der Waals surface area (Å²) in [6, 6.07) is 21.7. The van der Waals surface area contributed by atoms with Crippen molar-refractivity contribution >= 4 is 45.7 Å². The Bertz CT molecular complexity index is 1720. The maximum Gasteiger partial charge on any atom is 0.301 e. The van der Waals surface area contributed by atoms with Crippen molar-refractivity contribution in [3.8, 4) is 11.5 Å². The lowest BCUT2D eigenvalue weighted by Crippen LogP contribution is -2.29. The van der Waals surface area contributed by atoms with E-state index < -0.39 is 17.7 Å². The van der Waals surface area contributed by atoms with Gasteiger partial charge in [-0.3, -0.25) is 14.5 Å². The van der Waals surface area contributed by atoms with Crippen LogP contribution >= 0.6 is 23.1 Å². The molecule has 226 valence electrons. The van der Waals surface area contributed by atoms with Gasteiger partial charge in [0.1, 0.15) is 23.4 Å². The van der Waals surface area contributed by atoms with Crippen LogP contribution in [0.5, 0.6) is 11.5 Å². The first-order chi connectivity index (χ1) is 21.3. The van der Waals surface area contributed by atoms with Gasteiger partial charge in [-0.1, -0.05) is 79.4 Å². The van der Waals surface area contributed by atoms with Crippen LogP contribution in [0.1, 0.15) is 55.5 Å². The minimum atomic E-state index is -0.924. The highest BCUT2D eigenvalue weighted by Gasteiger charge is 2.48. The Morgan fingerprint density at radius 1 is 1.09 bits per heavy atom. The van der Waals surface area contributed by atoms with E-state index in [1.54, 1.807) is 12.1 Å². The summed E-state index contributed by atoms with van der Waals surface area (Å²) in [6.07, 6.45) is 1.60. The smallest absolute Gasteiger partial charge is 0.301 e. The molecule has 0 bridgehead atoms. The van der Waals surface area contributed by atoms with E-state index in [1.165, 1.54) is 28.0 Å². The number of aliphatic hydroxyl groups is 1. The monoisotopic (exact) mass is 627 g/mol. The van der Waals surface area contributed by atoms with Crippen molar-refractivity contribution in [3.05, 3.63) is 101 Å². The number of hydrogen-bond donors (Lipinski definition) is 1. The second-order valence-corrected chi connectivity index (χ2v) is 13.5. The fraction of sp³-hybridized carbons (Fsp3) is 0.294. The SMILES string of the molecule is CC(C)CCOc1cccc(C2/C(=C(/O)c3ccc4c(c3)CC(C)O4)C(=O)C(=O)N2c2nnc(SCc3ccccc3)s2)c1. The van der Waals surface area contributed by atoms with Crippen LogP contribution in [-0.4, -0.2) is 39.7 Å². The number of aliphatic hydroxyl groups excluding tert-OH is 1. The fourth-order valence-corrected chi connectivity index (χ4v) is 7.16. The third-order valence-electron chi connectivity index (χ3n) is 7.56. The molecule has 8 nitrogen and oxygen atoms in total. The summed E-state index contributed by atoms with van der Waals surface area (Å²) in [5.41, 5.74) is 3.15. The lowest BCUT2D eigenvalue weighted by atomic mass is 9.94. The molecule has 2 atom stereocenters. The summed E-state index contributed by atoms with van der Waals surface area (Å²) in [5.74, 6) is 0.757. The molecular weight excluding hydrogens is 595 g/mol. The Hall–Kier alpha value is -4.15. The second-order valence-electron chi connectivity index (χ2n) is 11.4. The van der Waals surface area contributed by atoms with Crippen LogP contribution in [0, 0.1) is 5.92 Å². The molecule has 3 aromatic carbocycles. The molecule has 0 radical (unpaired) electrons. The number of fused-ring (bicyclic) bond motifs is 1. The minimum Gasteiger partial charge on any atom is -0.507 e. The van der Waals surface area contributed by atoms with Crippen LogP contribution in [0.2, 0.25) is 0 Å². The topological polar surface area (TPSA) is 102 Å². The standard InChI is InChI=1S/C34H33N3O5S2/c1-20(2)14-15-41-26-11-7-10-23(18-26)29-28(30(38)24-12-13-27-25(17-24)16-21(3)42-27)31(39)32(40)37(29)33-35-36-34(44-33)43-19-22-8-5-4-6-9-22/h4-13,17-18,20-21,29,38H,14-16,19H2,1-3H3/b30-28-. The number of ketones is 1. The molecule has 1 fully saturated rings. The Labute approximate surface area is 264 Å². The molecule has 6 rings (SSSR count). The zero-order chi connectivity index (χ0) is 30.8. The van der Waals surface area contributed by atoms with Gasteiger partial charge in [0, 0.05) is 17.7 Å². The highest BCUT2D eigenvalue weighted by atomic mass is 32.2. The molecule has 0 aliphatic carbocycles. The number of benzene rings is 3. The molecule has 44 heavy (non-hydrogen) atoms. The zero-order valence-electron chi connectivity index (χ0n) is 24.7. The lowest BCUT2D eigenvalue weighted by Gasteiger charge is -2.23. The van der Waals surface area contributed by atoms with E-state index in [9.17, 15) is 14.7 Å². The summed E-state index contributed by atoms with van der Waals surface area (Å²) in [7, 11) is 0. The first-order valence-electron chi connectivity index (χ1n) is 14.6. The molecule has 2 unspecified atom stereocenters. The maximum atomic E-state index is 13.7. The Kier molecular flexibility index (Phi) is 8.72. The average Bonchev–Trinajstić information content (AvgIpc) is 3.71. The normalized spacial score (nSPS) is 19.0. The molecule has 1 aromatic heterocycles. The lowest BCUT2D eigenvalue weighted by molar-refractivity contribution is -0.132. The number of ether oxygens (including phenoxy) is 2. The predicted octanol–water partition coefficient (Wildman–Crippen LogP) is 7.21. The molecule has 2 aliphatic heterocycles. The molecule has 1 N–H and O–H groups in total. The Morgan fingerprint density at radius 2 is 1.91 bits per heavy atom. The summed E-state index contributed by atoms with van der Waals surface area (Å²) in [6.45, 7) is 6.78.